The van der Waals surface area contributed by atoms with E-state index in [0.29, 0.717) is 22.5 Å². The van der Waals surface area contributed by atoms with Crippen LogP contribution in [0.5, 0.6) is 0 Å². The Bertz CT molecular complexity index is 1380. The number of amides is 1. The Morgan fingerprint density at radius 3 is 2.18 bits per heavy atom. The Morgan fingerprint density at radius 2 is 1.67 bits per heavy atom. The average molecular weight is 584 g/mol. The quantitative estimate of drug-likeness (QED) is 0.399. The molecule has 0 radical (unpaired) electrons. The van der Waals surface area contributed by atoms with E-state index in [2.05, 4.69) is 10.1 Å². The van der Waals surface area contributed by atoms with Crippen molar-refractivity contribution in [2.24, 2.45) is 0 Å². The Balaban J connectivity index is 1.78. The molecule has 0 spiro atoms. The summed E-state index contributed by atoms with van der Waals surface area (Å²) < 4.78 is 126. The largest absolute Gasteiger partial charge is 0.461 e. The van der Waals surface area contributed by atoms with Gasteiger partial charge in [-0.15, -0.1) is 0 Å². The fourth-order valence-electron chi connectivity index (χ4n) is 4.38. The van der Waals surface area contributed by atoms with Gasteiger partial charge in [0.25, 0.3) is 15.6 Å². The summed E-state index contributed by atoms with van der Waals surface area (Å²) in [6.07, 6.45) is -13.3. The zero-order chi connectivity index (χ0) is 29.0. The second-order valence-corrected chi connectivity index (χ2v) is 10.8. The first-order chi connectivity index (χ1) is 18.0. The number of fused-ring (bicyclic) bond motifs is 1. The number of nitrogens with one attached hydrogen (secondary N) is 1. The lowest BCUT2D eigenvalue weighted by Crippen LogP contribution is -2.55. The van der Waals surface area contributed by atoms with E-state index >= 15 is 0 Å². The van der Waals surface area contributed by atoms with Crippen molar-refractivity contribution in [1.82, 2.24) is 5.32 Å². The Morgan fingerprint density at radius 1 is 1.05 bits per heavy atom. The highest BCUT2D eigenvalue weighted by atomic mass is 32.2. The molecule has 0 aromatic heterocycles. The topological polar surface area (TPSA) is 113 Å². The molecule has 4 rings (SSSR count). The first-order valence-corrected chi connectivity index (χ1v) is 12.7. The predicted molar refractivity (Wildman–Crippen MR) is 118 cm³/mol. The van der Waals surface area contributed by atoms with Crippen molar-refractivity contribution < 1.29 is 58.6 Å². The maximum absolute atomic E-state index is 13.6. The molecule has 1 unspecified atom stereocenters. The number of benzene rings is 2. The van der Waals surface area contributed by atoms with E-state index in [0.717, 1.165) is 24.3 Å². The third-order valence-corrected chi connectivity index (χ3v) is 8.32. The molecule has 16 heteroatoms. The van der Waals surface area contributed by atoms with Gasteiger partial charge in [0, 0.05) is 12.0 Å². The van der Waals surface area contributed by atoms with Gasteiger partial charge in [-0.1, -0.05) is 12.1 Å². The van der Waals surface area contributed by atoms with Crippen LogP contribution in [-0.4, -0.2) is 56.4 Å². The number of carbonyl (C=O) groups excluding carboxylic acids is 2. The lowest BCUT2D eigenvalue weighted by Gasteiger charge is -2.39. The number of hydrogen-bond donors (Lipinski definition) is 2. The lowest BCUT2D eigenvalue weighted by atomic mass is 9.87. The molecule has 1 amide bonds. The van der Waals surface area contributed by atoms with Crippen LogP contribution in [-0.2, 0) is 36.4 Å². The van der Waals surface area contributed by atoms with Crippen molar-refractivity contribution in [2.75, 3.05) is 10.9 Å². The lowest BCUT2D eigenvalue weighted by molar-refractivity contribution is -0.376. The number of cyclic esters (lactones) is 1. The maximum Gasteiger partial charge on any atom is 0.430 e. The molecule has 2 atom stereocenters. The van der Waals surface area contributed by atoms with Gasteiger partial charge >= 0.3 is 18.3 Å². The van der Waals surface area contributed by atoms with E-state index in [1.54, 1.807) is 0 Å². The van der Waals surface area contributed by atoms with Gasteiger partial charge < -0.3 is 15.2 Å². The molecular formula is C23H19F7N2O6S. The van der Waals surface area contributed by atoms with Crippen LogP contribution in [0.3, 0.4) is 0 Å². The normalized spacial score (nSPS) is 20.1. The molecule has 2 aliphatic rings. The SMILES string of the molecule is O=C(C[C@@H]1CCc2cc(C(O)(C(F)(F)F)C(F)(F)F)ccc2N1S(=O)(=O)c1ccc(F)cc1)NC1COC1=O. The van der Waals surface area contributed by atoms with E-state index in [1.165, 1.54) is 0 Å². The van der Waals surface area contributed by atoms with Crippen molar-refractivity contribution in [3.8, 4) is 0 Å². The number of alkyl halides is 6. The molecule has 8 nitrogen and oxygen atoms in total. The third-order valence-electron chi connectivity index (χ3n) is 6.44. The van der Waals surface area contributed by atoms with Crippen LogP contribution in [0.15, 0.2) is 47.4 Å². The summed E-state index contributed by atoms with van der Waals surface area (Å²) in [5, 5.41) is 12.1. The zero-order valence-corrected chi connectivity index (χ0v) is 20.3. The Labute approximate surface area is 216 Å². The molecule has 2 N–H and O–H groups in total. The molecule has 0 aliphatic carbocycles. The Kier molecular flexibility index (Phi) is 7.08. The number of aryl methyl sites for hydroxylation is 1. The first kappa shape index (κ1) is 28.6. The third kappa shape index (κ3) is 5.02. The minimum atomic E-state index is -6.16. The highest BCUT2D eigenvalue weighted by Crippen LogP contribution is 2.51. The number of carbonyl (C=O) groups is 2. The van der Waals surface area contributed by atoms with Gasteiger partial charge in [0.1, 0.15) is 12.4 Å². The smallest absolute Gasteiger partial charge is 0.430 e. The van der Waals surface area contributed by atoms with Crippen LogP contribution in [0.4, 0.5) is 36.4 Å². The second kappa shape index (κ2) is 9.66. The molecule has 2 aliphatic heterocycles. The number of hydrogen-bond acceptors (Lipinski definition) is 6. The van der Waals surface area contributed by atoms with Gasteiger partial charge in [-0.2, -0.15) is 26.3 Å². The number of rotatable bonds is 6. The number of esters is 1. The standard InChI is InChI=1S/C23H19F7N2O6S/c24-14-3-6-16(7-4-14)39(36,37)32-15(10-19(33)31-17-11-38-20(17)34)5-1-12-9-13(2-8-18(12)32)21(35,22(25,26)27)23(28,29)30/h2-4,6-9,15,17,35H,1,5,10-11H2,(H,31,33)/t15-,17?/m0/s1. The number of nitrogens with zero attached hydrogens (tertiary/aromatic N) is 1. The summed E-state index contributed by atoms with van der Waals surface area (Å²) >= 11 is 0. The molecule has 0 bridgehead atoms. The van der Waals surface area contributed by atoms with Gasteiger partial charge in [-0.3, -0.25) is 9.10 Å². The van der Waals surface area contributed by atoms with Gasteiger partial charge in [0.2, 0.25) is 5.91 Å². The highest BCUT2D eigenvalue weighted by molar-refractivity contribution is 7.92. The van der Waals surface area contributed by atoms with Crippen LogP contribution in [0.1, 0.15) is 24.0 Å². The Hall–Kier alpha value is -3.40. The first-order valence-electron chi connectivity index (χ1n) is 11.2. The van der Waals surface area contributed by atoms with Gasteiger partial charge in [0.15, 0.2) is 6.04 Å². The van der Waals surface area contributed by atoms with E-state index in [4.69, 9.17) is 0 Å². The molecule has 212 valence electrons. The number of aliphatic hydroxyl groups is 1. The van der Waals surface area contributed by atoms with Gasteiger partial charge in [0.05, 0.1) is 16.6 Å². The minimum absolute atomic E-state index is 0.0975. The summed E-state index contributed by atoms with van der Waals surface area (Å²) in [4.78, 5) is 23.5. The highest BCUT2D eigenvalue weighted by Gasteiger charge is 2.71. The van der Waals surface area contributed by atoms with Crippen molar-refractivity contribution in [2.45, 2.75) is 54.2 Å². The van der Waals surface area contributed by atoms with Crippen LogP contribution >= 0.6 is 0 Å². The van der Waals surface area contributed by atoms with Crippen molar-refractivity contribution in [3.63, 3.8) is 0 Å². The zero-order valence-electron chi connectivity index (χ0n) is 19.5. The molecule has 0 saturated carbocycles. The van der Waals surface area contributed by atoms with Crippen molar-refractivity contribution in [3.05, 3.63) is 59.4 Å². The summed E-state index contributed by atoms with van der Waals surface area (Å²) in [5.74, 6) is -2.24. The van der Waals surface area contributed by atoms with E-state index < -0.39 is 74.6 Å². The monoisotopic (exact) mass is 584 g/mol. The summed E-state index contributed by atoms with van der Waals surface area (Å²) in [7, 11) is -4.63. The van der Waals surface area contributed by atoms with E-state index in [9.17, 15) is 53.8 Å². The van der Waals surface area contributed by atoms with Gasteiger partial charge in [-0.05, 0) is 48.7 Å². The van der Waals surface area contributed by atoms with Crippen LogP contribution in [0, 0.1) is 5.82 Å². The van der Waals surface area contributed by atoms with Crippen LogP contribution in [0.2, 0.25) is 0 Å². The average Bonchev–Trinajstić information content (AvgIpc) is 2.84. The molecule has 1 fully saturated rings. The van der Waals surface area contributed by atoms with E-state index in [1.807, 2.05) is 0 Å². The fourth-order valence-corrected chi connectivity index (χ4v) is 6.10. The number of halogens is 7. The predicted octanol–water partition coefficient (Wildman–Crippen LogP) is 3.08. The summed E-state index contributed by atoms with van der Waals surface area (Å²) in [6.45, 7) is -0.0975. The fraction of sp³-hybridized carbons (Fsp3) is 0.391. The molecule has 2 aromatic carbocycles. The molecule has 2 heterocycles. The number of ether oxygens (including phenoxy) is 1. The minimum Gasteiger partial charge on any atom is -0.461 e. The van der Waals surface area contributed by atoms with Crippen molar-refractivity contribution in [1.29, 1.82) is 0 Å². The molecular weight excluding hydrogens is 565 g/mol. The second-order valence-electron chi connectivity index (χ2n) is 8.95. The molecule has 2 aromatic rings. The summed E-state index contributed by atoms with van der Waals surface area (Å²) in [6, 6.07) is 2.75. The van der Waals surface area contributed by atoms with Crippen LogP contribution < -0.4 is 9.62 Å². The van der Waals surface area contributed by atoms with Gasteiger partial charge in [-0.25, -0.2) is 17.6 Å². The molecule has 1 saturated heterocycles. The van der Waals surface area contributed by atoms with Crippen LogP contribution in [0.25, 0.3) is 0 Å². The van der Waals surface area contributed by atoms with E-state index in [-0.39, 0.29) is 30.7 Å². The maximum atomic E-state index is 13.6. The number of anilines is 1. The molecule has 39 heavy (non-hydrogen) atoms. The number of sulfonamides is 1. The summed E-state index contributed by atoms with van der Waals surface area (Å²) in [5.41, 5.74) is -7.41. The van der Waals surface area contributed by atoms with Crippen molar-refractivity contribution >= 4 is 27.6 Å².